The predicted molar refractivity (Wildman–Crippen MR) is 94.3 cm³/mol. The maximum absolute atomic E-state index is 12.3. The zero-order valence-corrected chi connectivity index (χ0v) is 15.1. The average molecular weight is 371 g/mol. The molecule has 0 saturated carbocycles. The third-order valence-electron chi connectivity index (χ3n) is 4.89. The molecule has 7 heteroatoms. The largest absolute Gasteiger partial charge is 0.465 e. The second kappa shape index (κ2) is 8.16. The molecule has 0 aromatic heterocycles. The number of imide groups is 1. The zero-order valence-electron chi connectivity index (χ0n) is 15.1. The van der Waals surface area contributed by atoms with Crippen molar-refractivity contribution in [1.29, 1.82) is 0 Å². The van der Waals surface area contributed by atoms with E-state index in [0.717, 1.165) is 0 Å². The van der Waals surface area contributed by atoms with Gasteiger partial charge in [-0.1, -0.05) is 24.3 Å². The second-order valence-corrected chi connectivity index (χ2v) is 6.59. The summed E-state index contributed by atoms with van der Waals surface area (Å²) in [5, 5.41) is 0. The molecule has 0 N–H and O–H groups in total. The van der Waals surface area contributed by atoms with Crippen molar-refractivity contribution in [2.45, 2.75) is 25.9 Å². The van der Waals surface area contributed by atoms with Gasteiger partial charge in [-0.25, -0.2) is 4.79 Å². The molecule has 1 fully saturated rings. The third-order valence-corrected chi connectivity index (χ3v) is 4.89. The van der Waals surface area contributed by atoms with Crippen LogP contribution in [-0.4, -0.2) is 42.3 Å². The topological polar surface area (TPSA) is 90.0 Å². The van der Waals surface area contributed by atoms with E-state index < -0.39 is 11.9 Å². The van der Waals surface area contributed by atoms with Gasteiger partial charge >= 0.3 is 11.9 Å². The van der Waals surface area contributed by atoms with Gasteiger partial charge in [-0.05, 0) is 30.5 Å². The summed E-state index contributed by atoms with van der Waals surface area (Å²) in [5.41, 5.74) is 1.02. The molecule has 1 aliphatic heterocycles. The minimum Gasteiger partial charge on any atom is -0.465 e. The first-order chi connectivity index (χ1) is 13.0. The summed E-state index contributed by atoms with van der Waals surface area (Å²) in [7, 11) is 1.29. The minimum absolute atomic E-state index is 0.000725. The summed E-state index contributed by atoms with van der Waals surface area (Å²) in [6, 6.07) is 6.60. The molecule has 2 unspecified atom stereocenters. The Kier molecular flexibility index (Phi) is 5.69. The smallest absolute Gasteiger partial charge is 0.337 e. The molecule has 27 heavy (non-hydrogen) atoms. The Morgan fingerprint density at radius 3 is 2.41 bits per heavy atom. The fraction of sp³-hybridized carbons (Fsp3) is 0.400. The highest BCUT2D eigenvalue weighted by molar-refractivity contribution is 6.05. The monoisotopic (exact) mass is 371 g/mol. The number of benzene rings is 1. The number of methoxy groups -OCH3 is 1. The van der Waals surface area contributed by atoms with Gasteiger partial charge in [-0.15, -0.1) is 0 Å². The van der Waals surface area contributed by atoms with Crippen LogP contribution in [0, 0.1) is 11.8 Å². The van der Waals surface area contributed by atoms with Crippen molar-refractivity contribution in [3.8, 4) is 0 Å². The SMILES string of the molecule is COC(=O)c1cccc(COC(=O)CCN2C(=O)C3CC=CCC3C2=O)c1. The molecule has 0 spiro atoms. The first-order valence-corrected chi connectivity index (χ1v) is 8.84. The number of carbonyl (C=O) groups is 4. The highest BCUT2D eigenvalue weighted by atomic mass is 16.5. The average Bonchev–Trinajstić information content (AvgIpc) is 2.95. The van der Waals surface area contributed by atoms with Gasteiger partial charge in [0.1, 0.15) is 6.61 Å². The van der Waals surface area contributed by atoms with E-state index in [1.54, 1.807) is 24.3 Å². The van der Waals surface area contributed by atoms with Crippen LogP contribution in [0.15, 0.2) is 36.4 Å². The van der Waals surface area contributed by atoms with E-state index in [2.05, 4.69) is 4.74 Å². The van der Waals surface area contributed by atoms with E-state index in [1.165, 1.54) is 12.0 Å². The van der Waals surface area contributed by atoms with Crippen molar-refractivity contribution < 1.29 is 28.7 Å². The molecule has 2 atom stereocenters. The molecule has 7 nitrogen and oxygen atoms in total. The first kappa shape index (κ1) is 18.8. The van der Waals surface area contributed by atoms with Gasteiger partial charge in [-0.2, -0.15) is 0 Å². The quantitative estimate of drug-likeness (QED) is 0.431. The summed E-state index contributed by atoms with van der Waals surface area (Å²) in [4.78, 5) is 49.4. The lowest BCUT2D eigenvalue weighted by Gasteiger charge is -2.14. The summed E-state index contributed by atoms with van der Waals surface area (Å²) >= 11 is 0. The summed E-state index contributed by atoms with van der Waals surface area (Å²) in [5.74, 6) is -1.96. The molecule has 3 rings (SSSR count). The Labute approximate surface area is 156 Å². The van der Waals surface area contributed by atoms with E-state index in [0.29, 0.717) is 24.0 Å². The summed E-state index contributed by atoms with van der Waals surface area (Å²) in [6.07, 6.45) is 4.94. The number of carbonyl (C=O) groups excluding carboxylic acids is 4. The predicted octanol–water partition coefficient (Wildman–Crippen LogP) is 1.86. The van der Waals surface area contributed by atoms with Crippen molar-refractivity contribution >= 4 is 23.8 Å². The standard InChI is InChI=1S/C20H21NO6/c1-26-20(25)14-6-4-5-13(11-14)12-27-17(22)9-10-21-18(23)15-7-2-3-8-16(15)19(21)24/h2-6,11,15-16H,7-10,12H2,1H3. The highest BCUT2D eigenvalue weighted by Crippen LogP contribution is 2.35. The van der Waals surface area contributed by atoms with Crippen LogP contribution in [0.2, 0.25) is 0 Å². The van der Waals surface area contributed by atoms with Crippen molar-refractivity contribution in [2.75, 3.05) is 13.7 Å². The van der Waals surface area contributed by atoms with Crippen LogP contribution in [0.25, 0.3) is 0 Å². The Morgan fingerprint density at radius 2 is 1.78 bits per heavy atom. The zero-order chi connectivity index (χ0) is 19.4. The summed E-state index contributed by atoms with van der Waals surface area (Å²) in [6.45, 7) is 0.0342. The van der Waals surface area contributed by atoms with Gasteiger partial charge < -0.3 is 9.47 Å². The molecule has 0 bridgehead atoms. The molecule has 1 saturated heterocycles. The highest BCUT2D eigenvalue weighted by Gasteiger charge is 2.46. The molecular weight excluding hydrogens is 350 g/mol. The molecular formula is C20H21NO6. The normalized spacial score (nSPS) is 21.1. The molecule has 142 valence electrons. The lowest BCUT2D eigenvalue weighted by atomic mass is 9.85. The lowest BCUT2D eigenvalue weighted by Crippen LogP contribution is -2.33. The van der Waals surface area contributed by atoms with Crippen molar-refractivity contribution in [2.24, 2.45) is 11.8 Å². The number of ether oxygens (including phenoxy) is 2. The van der Waals surface area contributed by atoms with E-state index >= 15 is 0 Å². The van der Waals surface area contributed by atoms with Gasteiger partial charge in [0.15, 0.2) is 0 Å². The molecule has 2 amide bonds. The Balaban J connectivity index is 1.50. The van der Waals surface area contributed by atoms with Crippen molar-refractivity contribution in [3.63, 3.8) is 0 Å². The van der Waals surface area contributed by atoms with Crippen LogP contribution in [0.3, 0.4) is 0 Å². The number of nitrogens with zero attached hydrogens (tertiary/aromatic N) is 1. The van der Waals surface area contributed by atoms with Crippen molar-refractivity contribution in [3.05, 3.63) is 47.5 Å². The molecule has 1 heterocycles. The minimum atomic E-state index is -0.507. The molecule has 2 aliphatic rings. The molecule has 0 radical (unpaired) electrons. The van der Waals surface area contributed by atoms with E-state index in [1.807, 2.05) is 12.2 Å². The molecule has 1 aromatic carbocycles. The maximum atomic E-state index is 12.3. The van der Waals surface area contributed by atoms with E-state index in [-0.39, 0.29) is 43.2 Å². The van der Waals surface area contributed by atoms with Gasteiger partial charge in [0, 0.05) is 6.54 Å². The number of amides is 2. The molecule has 1 aromatic rings. The molecule has 1 aliphatic carbocycles. The fourth-order valence-electron chi connectivity index (χ4n) is 3.43. The van der Waals surface area contributed by atoms with Crippen LogP contribution < -0.4 is 0 Å². The van der Waals surface area contributed by atoms with Crippen LogP contribution >= 0.6 is 0 Å². The third kappa shape index (κ3) is 4.07. The van der Waals surface area contributed by atoms with Gasteiger partial charge in [0.05, 0.1) is 30.9 Å². The number of rotatable bonds is 6. The Bertz CT molecular complexity index is 773. The maximum Gasteiger partial charge on any atom is 0.337 e. The first-order valence-electron chi connectivity index (χ1n) is 8.84. The van der Waals surface area contributed by atoms with E-state index in [9.17, 15) is 19.2 Å². The lowest BCUT2D eigenvalue weighted by molar-refractivity contribution is -0.146. The Morgan fingerprint density at radius 1 is 1.11 bits per heavy atom. The van der Waals surface area contributed by atoms with Crippen LogP contribution in [0.4, 0.5) is 0 Å². The Hall–Kier alpha value is -2.96. The second-order valence-electron chi connectivity index (χ2n) is 6.59. The van der Waals surface area contributed by atoms with Crippen LogP contribution in [0.1, 0.15) is 35.2 Å². The fourth-order valence-corrected chi connectivity index (χ4v) is 3.43. The van der Waals surface area contributed by atoms with Gasteiger partial charge in [-0.3, -0.25) is 19.3 Å². The van der Waals surface area contributed by atoms with Crippen LogP contribution in [-0.2, 0) is 30.5 Å². The van der Waals surface area contributed by atoms with Gasteiger partial charge in [0.2, 0.25) is 11.8 Å². The van der Waals surface area contributed by atoms with Crippen LogP contribution in [0.5, 0.6) is 0 Å². The number of allylic oxidation sites excluding steroid dienone is 2. The number of hydrogen-bond acceptors (Lipinski definition) is 6. The summed E-state index contributed by atoms with van der Waals surface area (Å²) < 4.78 is 9.84. The number of hydrogen-bond donors (Lipinski definition) is 0. The van der Waals surface area contributed by atoms with Crippen molar-refractivity contribution in [1.82, 2.24) is 4.90 Å². The van der Waals surface area contributed by atoms with Gasteiger partial charge in [0.25, 0.3) is 0 Å². The van der Waals surface area contributed by atoms with E-state index in [4.69, 9.17) is 4.74 Å². The number of likely N-dealkylation sites (tertiary alicyclic amines) is 1. The number of esters is 2. The number of fused-ring (bicyclic) bond motifs is 1.